The lowest BCUT2D eigenvalue weighted by Gasteiger charge is -1.90. The highest BCUT2D eigenvalue weighted by Crippen LogP contribution is 2.07. The average Bonchev–Trinajstić information content (AvgIpc) is 2.45. The molecule has 1 heterocycles. The summed E-state index contributed by atoms with van der Waals surface area (Å²) in [6.45, 7) is 0. The van der Waals surface area contributed by atoms with Crippen LogP contribution in [0.4, 0.5) is 0 Å². The SMILES string of the molecule is CS(=O)(=O)n1nc2ccccc2n1. The second-order valence-electron chi connectivity index (χ2n) is 2.67. The highest BCUT2D eigenvalue weighted by molar-refractivity contribution is 7.88. The lowest BCUT2D eigenvalue weighted by molar-refractivity contribution is 0.576. The summed E-state index contributed by atoms with van der Waals surface area (Å²) in [5, 5.41) is 7.60. The van der Waals surface area contributed by atoms with Crippen molar-refractivity contribution in [1.29, 1.82) is 0 Å². The van der Waals surface area contributed by atoms with Gasteiger partial charge in [0.05, 0.1) is 6.26 Å². The molecule has 1 aromatic heterocycles. The molecule has 1 aromatic carbocycles. The number of hydrogen-bond donors (Lipinski definition) is 0. The molecular weight excluding hydrogens is 190 g/mol. The maximum absolute atomic E-state index is 11.0. The fourth-order valence-corrected chi connectivity index (χ4v) is 1.46. The first-order valence-corrected chi connectivity index (χ1v) is 5.45. The summed E-state index contributed by atoms with van der Waals surface area (Å²) in [4.78, 5) is 0. The van der Waals surface area contributed by atoms with Gasteiger partial charge in [-0.1, -0.05) is 16.3 Å². The molecule has 0 bridgehead atoms. The van der Waals surface area contributed by atoms with Crippen LogP contribution in [0.3, 0.4) is 0 Å². The molecule has 0 atom stereocenters. The Bertz CT molecular complexity index is 511. The molecule has 5 nitrogen and oxygen atoms in total. The first-order chi connectivity index (χ1) is 6.07. The van der Waals surface area contributed by atoms with Gasteiger partial charge in [0.15, 0.2) is 0 Å². The molecule has 0 fully saturated rings. The lowest BCUT2D eigenvalue weighted by Crippen LogP contribution is -2.13. The van der Waals surface area contributed by atoms with E-state index in [2.05, 4.69) is 10.2 Å². The summed E-state index contributed by atoms with van der Waals surface area (Å²) in [6.07, 6.45) is 1.06. The van der Waals surface area contributed by atoms with Crippen LogP contribution in [0.25, 0.3) is 11.0 Å². The van der Waals surface area contributed by atoms with E-state index in [0.29, 0.717) is 11.0 Å². The van der Waals surface area contributed by atoms with Crippen LogP contribution >= 0.6 is 0 Å². The van der Waals surface area contributed by atoms with Gasteiger partial charge in [-0.15, -0.1) is 10.2 Å². The van der Waals surface area contributed by atoms with Gasteiger partial charge in [0.1, 0.15) is 11.0 Å². The van der Waals surface area contributed by atoms with E-state index in [0.717, 1.165) is 10.5 Å². The third-order valence-electron chi connectivity index (χ3n) is 1.56. The Morgan fingerprint density at radius 3 is 2.00 bits per heavy atom. The fourth-order valence-electron chi connectivity index (χ4n) is 0.988. The minimum atomic E-state index is -3.37. The summed E-state index contributed by atoms with van der Waals surface area (Å²) in [6, 6.07) is 6.99. The molecule has 2 aromatic rings. The van der Waals surface area contributed by atoms with E-state index >= 15 is 0 Å². The summed E-state index contributed by atoms with van der Waals surface area (Å²) in [7, 11) is -3.37. The molecule has 0 aliphatic carbocycles. The van der Waals surface area contributed by atoms with Gasteiger partial charge in [0.25, 0.3) is 10.0 Å². The van der Waals surface area contributed by atoms with Crippen molar-refractivity contribution in [3.05, 3.63) is 24.3 Å². The van der Waals surface area contributed by atoms with Crippen molar-refractivity contribution in [3.8, 4) is 0 Å². The predicted octanol–water partition coefficient (Wildman–Crippen LogP) is 0.239. The van der Waals surface area contributed by atoms with E-state index in [4.69, 9.17) is 0 Å². The average molecular weight is 197 g/mol. The molecule has 0 spiro atoms. The Morgan fingerprint density at radius 2 is 1.62 bits per heavy atom. The van der Waals surface area contributed by atoms with Gasteiger partial charge in [0.2, 0.25) is 0 Å². The molecule has 0 N–H and O–H groups in total. The van der Waals surface area contributed by atoms with Crippen molar-refractivity contribution in [1.82, 2.24) is 14.4 Å². The zero-order chi connectivity index (χ0) is 9.47. The Kier molecular flexibility index (Phi) is 1.59. The van der Waals surface area contributed by atoms with Crippen LogP contribution in [-0.4, -0.2) is 29.1 Å². The first-order valence-electron chi connectivity index (χ1n) is 3.60. The van der Waals surface area contributed by atoms with E-state index < -0.39 is 10.0 Å². The highest BCUT2D eigenvalue weighted by Gasteiger charge is 2.09. The number of hydrogen-bond acceptors (Lipinski definition) is 4. The van der Waals surface area contributed by atoms with Crippen LogP contribution in [0.5, 0.6) is 0 Å². The van der Waals surface area contributed by atoms with E-state index in [1.165, 1.54) is 0 Å². The quantitative estimate of drug-likeness (QED) is 0.656. The van der Waals surface area contributed by atoms with E-state index in [-0.39, 0.29) is 0 Å². The number of nitrogens with zero attached hydrogens (tertiary/aromatic N) is 3. The zero-order valence-electron chi connectivity index (χ0n) is 6.88. The summed E-state index contributed by atoms with van der Waals surface area (Å²) in [5.74, 6) is 0. The molecule has 0 amide bonds. The molecule has 13 heavy (non-hydrogen) atoms. The fraction of sp³-hybridized carbons (Fsp3) is 0.143. The van der Waals surface area contributed by atoms with E-state index in [9.17, 15) is 8.42 Å². The van der Waals surface area contributed by atoms with Crippen molar-refractivity contribution >= 4 is 21.1 Å². The summed E-state index contributed by atoms with van der Waals surface area (Å²) >= 11 is 0. The van der Waals surface area contributed by atoms with Crippen LogP contribution in [-0.2, 0) is 10.0 Å². The number of benzene rings is 1. The molecule has 0 saturated heterocycles. The Hall–Kier alpha value is -1.43. The first kappa shape index (κ1) is 8.18. The largest absolute Gasteiger partial charge is 0.267 e. The van der Waals surface area contributed by atoms with Gasteiger partial charge in [0, 0.05) is 0 Å². The Labute approximate surface area is 75.0 Å². The maximum atomic E-state index is 11.0. The molecule has 0 saturated carbocycles. The second-order valence-corrected chi connectivity index (χ2v) is 4.47. The third-order valence-corrected chi connectivity index (χ3v) is 2.32. The van der Waals surface area contributed by atoms with Crippen LogP contribution in [0.15, 0.2) is 24.3 Å². The van der Waals surface area contributed by atoms with Crippen molar-refractivity contribution < 1.29 is 8.42 Å². The topological polar surface area (TPSA) is 64.8 Å². The molecule has 6 heteroatoms. The number of aromatic nitrogens is 3. The minimum Gasteiger partial charge on any atom is -0.203 e. The minimum absolute atomic E-state index is 0.577. The Morgan fingerprint density at radius 1 is 1.15 bits per heavy atom. The van der Waals surface area contributed by atoms with E-state index in [1.54, 1.807) is 24.3 Å². The molecule has 68 valence electrons. The summed E-state index contributed by atoms with van der Waals surface area (Å²) < 4.78 is 22.8. The third kappa shape index (κ3) is 1.40. The van der Waals surface area contributed by atoms with Crippen LogP contribution in [0.2, 0.25) is 0 Å². The number of fused-ring (bicyclic) bond motifs is 1. The van der Waals surface area contributed by atoms with Crippen LogP contribution < -0.4 is 0 Å². The van der Waals surface area contributed by atoms with Crippen molar-refractivity contribution in [2.75, 3.05) is 6.26 Å². The van der Waals surface area contributed by atoms with E-state index in [1.807, 2.05) is 0 Å². The van der Waals surface area contributed by atoms with Gasteiger partial charge in [-0.3, -0.25) is 0 Å². The summed E-state index contributed by atoms with van der Waals surface area (Å²) in [5.41, 5.74) is 1.15. The monoisotopic (exact) mass is 197 g/mol. The van der Waals surface area contributed by atoms with Gasteiger partial charge in [-0.25, -0.2) is 8.42 Å². The molecule has 0 aliphatic heterocycles. The van der Waals surface area contributed by atoms with Gasteiger partial charge in [-0.2, -0.15) is 0 Å². The zero-order valence-corrected chi connectivity index (χ0v) is 7.69. The molecule has 0 radical (unpaired) electrons. The predicted molar refractivity (Wildman–Crippen MR) is 47.8 cm³/mol. The Balaban J connectivity index is 2.77. The van der Waals surface area contributed by atoms with Gasteiger partial charge >= 0.3 is 0 Å². The van der Waals surface area contributed by atoms with Crippen molar-refractivity contribution in [3.63, 3.8) is 0 Å². The standard InChI is InChI=1S/C7H7N3O2S/c1-13(11,12)10-8-6-4-2-3-5-7(6)9-10/h2-5H,1H3. The molecular formula is C7H7N3O2S. The second kappa shape index (κ2) is 2.53. The van der Waals surface area contributed by atoms with Crippen LogP contribution in [0, 0.1) is 0 Å². The molecule has 0 unspecified atom stereocenters. The van der Waals surface area contributed by atoms with Crippen LogP contribution in [0.1, 0.15) is 0 Å². The normalized spacial score (nSPS) is 12.1. The molecule has 2 rings (SSSR count). The van der Waals surface area contributed by atoms with Gasteiger partial charge < -0.3 is 0 Å². The number of rotatable bonds is 1. The van der Waals surface area contributed by atoms with Crippen molar-refractivity contribution in [2.45, 2.75) is 0 Å². The highest BCUT2D eigenvalue weighted by atomic mass is 32.2. The molecule has 0 aliphatic rings. The smallest absolute Gasteiger partial charge is 0.203 e. The lowest BCUT2D eigenvalue weighted by atomic mass is 10.3. The van der Waals surface area contributed by atoms with Gasteiger partial charge in [-0.05, 0) is 12.1 Å². The van der Waals surface area contributed by atoms with Crippen molar-refractivity contribution in [2.24, 2.45) is 0 Å². The maximum Gasteiger partial charge on any atom is 0.267 e.